The van der Waals surface area contributed by atoms with Crippen molar-refractivity contribution >= 4 is 10.0 Å². The number of hydrogen-bond donors (Lipinski definition) is 1. The Hall–Kier alpha value is -1.31. The van der Waals surface area contributed by atoms with E-state index >= 15 is 0 Å². The molecule has 0 radical (unpaired) electrons. The third-order valence-corrected chi connectivity index (χ3v) is 5.32. The van der Waals surface area contributed by atoms with E-state index in [2.05, 4.69) is 0 Å². The lowest BCUT2D eigenvalue weighted by Crippen LogP contribution is -2.47. The van der Waals surface area contributed by atoms with Gasteiger partial charge in [-0.3, -0.25) is 0 Å². The molecular formula is C13H21NO5S. The molecule has 1 rings (SSSR count). The van der Waals surface area contributed by atoms with E-state index in [1.165, 1.54) is 39.5 Å². The van der Waals surface area contributed by atoms with Gasteiger partial charge in [-0.25, -0.2) is 8.42 Å². The topological polar surface area (TPSA) is 76.1 Å². The normalized spacial score (nSPS) is 12.6. The van der Waals surface area contributed by atoms with Crippen LogP contribution in [0.15, 0.2) is 23.1 Å². The maximum absolute atomic E-state index is 12.5. The maximum atomic E-state index is 12.5. The first-order valence-corrected chi connectivity index (χ1v) is 7.46. The number of aliphatic hydroxyl groups is 1. The first-order valence-electron chi connectivity index (χ1n) is 6.02. The van der Waals surface area contributed by atoms with Crippen LogP contribution in [-0.4, -0.2) is 51.2 Å². The van der Waals surface area contributed by atoms with Gasteiger partial charge in [0.15, 0.2) is 11.5 Å². The predicted molar refractivity (Wildman–Crippen MR) is 75.7 cm³/mol. The van der Waals surface area contributed by atoms with Crippen LogP contribution >= 0.6 is 0 Å². The lowest BCUT2D eigenvalue weighted by Gasteiger charge is -2.32. The van der Waals surface area contributed by atoms with Gasteiger partial charge in [0.1, 0.15) is 0 Å². The minimum Gasteiger partial charge on any atom is -0.493 e. The van der Waals surface area contributed by atoms with Crippen molar-refractivity contribution in [1.29, 1.82) is 0 Å². The second-order valence-corrected chi connectivity index (χ2v) is 6.93. The minimum atomic E-state index is -3.73. The molecule has 0 saturated heterocycles. The van der Waals surface area contributed by atoms with E-state index in [1.54, 1.807) is 13.8 Å². The summed E-state index contributed by atoms with van der Waals surface area (Å²) in [6.07, 6.45) is 0. The summed E-state index contributed by atoms with van der Waals surface area (Å²) in [5, 5.41) is 9.31. The van der Waals surface area contributed by atoms with Gasteiger partial charge in [-0.15, -0.1) is 0 Å². The fourth-order valence-corrected chi connectivity index (χ4v) is 3.08. The molecule has 0 aliphatic carbocycles. The largest absolute Gasteiger partial charge is 0.493 e. The van der Waals surface area contributed by atoms with Crippen molar-refractivity contribution in [2.45, 2.75) is 24.3 Å². The molecule has 114 valence electrons. The van der Waals surface area contributed by atoms with Crippen LogP contribution < -0.4 is 9.47 Å². The molecule has 1 aromatic carbocycles. The molecule has 0 bridgehead atoms. The van der Waals surface area contributed by atoms with Crippen LogP contribution in [0.2, 0.25) is 0 Å². The van der Waals surface area contributed by atoms with Crippen LogP contribution in [0.5, 0.6) is 11.5 Å². The van der Waals surface area contributed by atoms with E-state index in [9.17, 15) is 13.5 Å². The van der Waals surface area contributed by atoms with Gasteiger partial charge in [0.25, 0.3) is 0 Å². The zero-order valence-corrected chi connectivity index (χ0v) is 13.2. The summed E-state index contributed by atoms with van der Waals surface area (Å²) in [6.45, 7) is 3.01. The molecule has 0 saturated carbocycles. The van der Waals surface area contributed by atoms with E-state index in [0.29, 0.717) is 11.5 Å². The highest BCUT2D eigenvalue weighted by molar-refractivity contribution is 7.89. The Labute approximate surface area is 120 Å². The zero-order valence-electron chi connectivity index (χ0n) is 12.4. The smallest absolute Gasteiger partial charge is 0.243 e. The molecule has 0 fully saturated rings. The summed E-state index contributed by atoms with van der Waals surface area (Å²) in [7, 11) is 0.624. The standard InChI is InChI=1S/C13H21NO5S/c1-13(2,9-15)14(3)20(16,17)10-6-7-11(18-4)12(8-10)19-5/h6-8,15H,9H2,1-5H3. The molecule has 7 heteroatoms. The number of methoxy groups -OCH3 is 2. The van der Waals surface area contributed by atoms with E-state index < -0.39 is 15.6 Å². The molecule has 0 atom stereocenters. The molecule has 1 aromatic rings. The van der Waals surface area contributed by atoms with Gasteiger partial charge in [0.05, 0.1) is 31.3 Å². The third kappa shape index (κ3) is 3.05. The molecule has 20 heavy (non-hydrogen) atoms. The van der Waals surface area contributed by atoms with Gasteiger partial charge < -0.3 is 14.6 Å². The van der Waals surface area contributed by atoms with Crippen molar-refractivity contribution < 1.29 is 23.0 Å². The third-order valence-electron chi connectivity index (χ3n) is 3.25. The molecule has 0 aromatic heterocycles. The number of benzene rings is 1. The second-order valence-electron chi connectivity index (χ2n) is 4.96. The number of rotatable bonds is 6. The highest BCUT2D eigenvalue weighted by Crippen LogP contribution is 2.31. The summed E-state index contributed by atoms with van der Waals surface area (Å²) in [5.41, 5.74) is -0.897. The highest BCUT2D eigenvalue weighted by Gasteiger charge is 2.34. The van der Waals surface area contributed by atoms with Crippen LogP contribution in [0.25, 0.3) is 0 Å². The summed E-state index contributed by atoms with van der Waals surface area (Å²) in [5.74, 6) is 0.791. The molecule has 0 spiro atoms. The van der Waals surface area contributed by atoms with Crippen LogP contribution in [0.4, 0.5) is 0 Å². The quantitative estimate of drug-likeness (QED) is 0.851. The molecule has 0 heterocycles. The lowest BCUT2D eigenvalue weighted by atomic mass is 10.1. The summed E-state index contributed by atoms with van der Waals surface area (Å²) in [4.78, 5) is 0.0826. The molecule has 0 unspecified atom stereocenters. The van der Waals surface area contributed by atoms with Crippen molar-refractivity contribution in [3.8, 4) is 11.5 Å². The van der Waals surface area contributed by atoms with Crippen molar-refractivity contribution in [2.75, 3.05) is 27.9 Å². The molecule has 0 amide bonds. The first kappa shape index (κ1) is 16.7. The molecule has 0 aliphatic heterocycles. The lowest BCUT2D eigenvalue weighted by molar-refractivity contribution is 0.138. The maximum Gasteiger partial charge on any atom is 0.243 e. The van der Waals surface area contributed by atoms with Gasteiger partial charge >= 0.3 is 0 Å². The minimum absolute atomic E-state index is 0.0826. The van der Waals surface area contributed by atoms with E-state index in [4.69, 9.17) is 9.47 Å². The van der Waals surface area contributed by atoms with Gasteiger partial charge in [0.2, 0.25) is 10.0 Å². The first-order chi connectivity index (χ1) is 9.20. The van der Waals surface area contributed by atoms with Gasteiger partial charge in [-0.05, 0) is 26.0 Å². The summed E-state index contributed by atoms with van der Waals surface area (Å²) < 4.78 is 36.4. The predicted octanol–water partition coefficient (Wildman–Crippen LogP) is 1.10. The monoisotopic (exact) mass is 303 g/mol. The van der Waals surface area contributed by atoms with E-state index in [-0.39, 0.29) is 11.5 Å². The highest BCUT2D eigenvalue weighted by atomic mass is 32.2. The molecule has 1 N–H and O–H groups in total. The Morgan fingerprint density at radius 2 is 1.75 bits per heavy atom. The van der Waals surface area contributed by atoms with Crippen molar-refractivity contribution in [3.05, 3.63) is 18.2 Å². The Kier molecular flexibility index (Phi) is 5.01. The fraction of sp³-hybridized carbons (Fsp3) is 0.538. The summed E-state index contributed by atoms with van der Waals surface area (Å²) in [6, 6.07) is 4.38. The SMILES string of the molecule is COc1ccc(S(=O)(=O)N(C)C(C)(C)CO)cc1OC. The van der Waals surface area contributed by atoms with Crippen molar-refractivity contribution in [2.24, 2.45) is 0 Å². The Bertz CT molecular complexity index is 568. The number of aliphatic hydroxyl groups excluding tert-OH is 1. The number of nitrogens with zero attached hydrogens (tertiary/aromatic N) is 1. The number of sulfonamides is 1. The van der Waals surface area contributed by atoms with Gasteiger partial charge in [-0.1, -0.05) is 0 Å². The number of ether oxygens (including phenoxy) is 2. The molecule has 6 nitrogen and oxygen atoms in total. The Balaban J connectivity index is 3.29. The van der Waals surface area contributed by atoms with Crippen molar-refractivity contribution in [3.63, 3.8) is 0 Å². The van der Waals surface area contributed by atoms with Crippen LogP contribution in [0, 0.1) is 0 Å². The van der Waals surface area contributed by atoms with Gasteiger partial charge in [0, 0.05) is 13.1 Å². The van der Waals surface area contributed by atoms with E-state index in [1.807, 2.05) is 0 Å². The number of likely N-dealkylation sites (N-methyl/N-ethyl adjacent to an activating group) is 1. The van der Waals surface area contributed by atoms with Crippen LogP contribution in [0.1, 0.15) is 13.8 Å². The fourth-order valence-electron chi connectivity index (χ4n) is 1.56. The Morgan fingerprint density at radius 3 is 2.20 bits per heavy atom. The second kappa shape index (κ2) is 5.99. The zero-order chi connectivity index (χ0) is 15.6. The van der Waals surface area contributed by atoms with E-state index in [0.717, 1.165) is 4.31 Å². The average molecular weight is 303 g/mol. The van der Waals surface area contributed by atoms with Crippen molar-refractivity contribution in [1.82, 2.24) is 4.31 Å². The number of hydrogen-bond acceptors (Lipinski definition) is 5. The molecule has 0 aliphatic rings. The van der Waals surface area contributed by atoms with Gasteiger partial charge in [-0.2, -0.15) is 4.31 Å². The molecular weight excluding hydrogens is 282 g/mol. The van der Waals surface area contributed by atoms with Crippen LogP contribution in [0.3, 0.4) is 0 Å². The van der Waals surface area contributed by atoms with Crippen LogP contribution in [-0.2, 0) is 10.0 Å². The summed E-state index contributed by atoms with van der Waals surface area (Å²) >= 11 is 0. The average Bonchev–Trinajstić information content (AvgIpc) is 2.45. The Morgan fingerprint density at radius 1 is 1.20 bits per heavy atom.